The van der Waals surface area contributed by atoms with E-state index in [1.54, 1.807) is 0 Å². The van der Waals surface area contributed by atoms with Gasteiger partial charge in [-0.05, 0) is 131 Å². The molecule has 0 fully saturated rings. The highest BCUT2D eigenvalue weighted by Gasteiger charge is 2.19. The highest BCUT2D eigenvalue weighted by molar-refractivity contribution is 6.25. The fourth-order valence-electron chi connectivity index (χ4n) is 9.76. The Morgan fingerprint density at radius 2 is 0.707 bits per heavy atom. The third-order valence-electron chi connectivity index (χ3n) is 12.4. The topological polar surface area (TPSA) is 26.3 Å². The average Bonchev–Trinajstić information content (AvgIpc) is 3.86. The summed E-state index contributed by atoms with van der Waals surface area (Å²) >= 11 is 0. The lowest BCUT2D eigenvalue weighted by atomic mass is 9.84. The van der Waals surface area contributed by atoms with Crippen LogP contribution in [0, 0.1) is 0 Å². The summed E-state index contributed by atoms with van der Waals surface area (Å²) in [6.45, 7) is 0. The number of para-hydroxylation sites is 1. The van der Waals surface area contributed by atoms with Crippen LogP contribution < -0.4 is 0 Å². The molecule has 0 aliphatic heterocycles. The van der Waals surface area contributed by atoms with Crippen LogP contribution in [0.25, 0.3) is 131 Å². The van der Waals surface area contributed by atoms with Gasteiger partial charge in [0.1, 0.15) is 22.3 Å². The van der Waals surface area contributed by atoms with Gasteiger partial charge in [-0.2, -0.15) is 0 Å². The molecule has 13 rings (SSSR count). The maximum Gasteiger partial charge on any atom is 0.143 e. The van der Waals surface area contributed by atoms with Crippen molar-refractivity contribution in [3.63, 3.8) is 0 Å². The Balaban J connectivity index is 0.931. The molecule has 0 N–H and O–H groups in total. The summed E-state index contributed by atoms with van der Waals surface area (Å²) in [5.41, 5.74) is 11.0. The number of rotatable bonds is 3. The molecule has 11 aromatic carbocycles. The summed E-state index contributed by atoms with van der Waals surface area (Å²) in [5.74, 6) is 0. The molecule has 13 aromatic rings. The minimum Gasteiger partial charge on any atom is -0.455 e. The van der Waals surface area contributed by atoms with Gasteiger partial charge in [0.05, 0.1) is 0 Å². The molecule has 0 spiro atoms. The smallest absolute Gasteiger partial charge is 0.143 e. The number of fused-ring (bicyclic) bond motifs is 13. The molecule has 0 saturated carbocycles. The molecule has 0 saturated heterocycles. The molecule has 2 nitrogen and oxygen atoms in total. The number of hydrogen-bond acceptors (Lipinski definition) is 2. The molecule has 268 valence electrons. The molecule has 0 aliphatic carbocycles. The first-order chi connectivity index (χ1) is 28.7. The minimum atomic E-state index is 0.882. The van der Waals surface area contributed by atoms with Crippen molar-refractivity contribution in [3.05, 3.63) is 194 Å². The van der Waals surface area contributed by atoms with Crippen molar-refractivity contribution in [1.82, 2.24) is 0 Å². The third-order valence-corrected chi connectivity index (χ3v) is 12.4. The zero-order chi connectivity index (χ0) is 37.9. The Labute approximate surface area is 332 Å². The quantitative estimate of drug-likeness (QED) is 0.169. The van der Waals surface area contributed by atoms with E-state index in [0.29, 0.717) is 0 Å². The lowest BCUT2D eigenvalue weighted by Crippen LogP contribution is -1.91. The van der Waals surface area contributed by atoms with Crippen molar-refractivity contribution < 1.29 is 8.83 Å². The van der Waals surface area contributed by atoms with Crippen LogP contribution in [-0.4, -0.2) is 0 Å². The zero-order valence-corrected chi connectivity index (χ0v) is 31.3. The second-order valence-corrected chi connectivity index (χ2v) is 15.5. The monoisotopic (exact) mass is 736 g/mol. The molecule has 0 aliphatic rings. The highest BCUT2D eigenvalue weighted by Crippen LogP contribution is 2.46. The van der Waals surface area contributed by atoms with E-state index in [1.165, 1.54) is 70.9 Å². The van der Waals surface area contributed by atoms with Crippen LogP contribution in [-0.2, 0) is 0 Å². The van der Waals surface area contributed by atoms with Crippen molar-refractivity contribution in [2.24, 2.45) is 0 Å². The zero-order valence-electron chi connectivity index (χ0n) is 31.3. The molecule has 0 bridgehead atoms. The first-order valence-electron chi connectivity index (χ1n) is 19.9. The van der Waals surface area contributed by atoms with Crippen LogP contribution in [0.15, 0.2) is 203 Å². The summed E-state index contributed by atoms with van der Waals surface area (Å²) < 4.78 is 12.9. The van der Waals surface area contributed by atoms with Gasteiger partial charge < -0.3 is 8.83 Å². The summed E-state index contributed by atoms with van der Waals surface area (Å²) in [6, 6.07) is 70.5. The van der Waals surface area contributed by atoms with Crippen LogP contribution in [0.5, 0.6) is 0 Å². The summed E-state index contributed by atoms with van der Waals surface area (Å²) in [5, 5.41) is 16.6. The number of benzene rings is 11. The van der Waals surface area contributed by atoms with Crippen LogP contribution in [0.1, 0.15) is 0 Å². The molecular weight excluding hydrogens is 705 g/mol. The second-order valence-electron chi connectivity index (χ2n) is 15.5. The number of hydrogen-bond donors (Lipinski definition) is 0. The molecule has 0 atom stereocenters. The Bertz CT molecular complexity index is 3800. The standard InChI is InChI=1S/C56H32O2/c1-2-12-39-33(10-1)11-9-18-41(39)54-44-16-5-3-14-42(44)53(43-15-4-6-17-45(43)54)38-23-22-34-30-35(20-21-36(34)31-38)37-24-29-52-50(32-37)49-28-27-47-48(56(49)58-52)26-25-46-40-13-7-8-19-51(40)57-55(46)47/h1-32H. The summed E-state index contributed by atoms with van der Waals surface area (Å²) in [4.78, 5) is 0. The summed E-state index contributed by atoms with van der Waals surface area (Å²) in [6.07, 6.45) is 0. The Morgan fingerprint density at radius 3 is 1.40 bits per heavy atom. The SMILES string of the molecule is c1ccc2c(-c3c4ccccc4c(-c4ccc5cc(-c6ccc7oc8c(ccc9c8ccc8c%10ccccc%10oc89)c7c6)ccc5c4)c4ccccc34)cccc2c1. The molecule has 0 radical (unpaired) electrons. The molecule has 58 heavy (non-hydrogen) atoms. The van der Waals surface area contributed by atoms with E-state index in [1.807, 2.05) is 12.1 Å². The van der Waals surface area contributed by atoms with Crippen LogP contribution >= 0.6 is 0 Å². The van der Waals surface area contributed by atoms with E-state index in [0.717, 1.165) is 60.2 Å². The maximum absolute atomic E-state index is 6.58. The minimum absolute atomic E-state index is 0.882. The van der Waals surface area contributed by atoms with Gasteiger partial charge in [-0.25, -0.2) is 0 Å². The molecular formula is C56H32O2. The van der Waals surface area contributed by atoms with Crippen LogP contribution in [0.3, 0.4) is 0 Å². The first kappa shape index (κ1) is 31.5. The third kappa shape index (κ3) is 4.48. The largest absolute Gasteiger partial charge is 0.455 e. The van der Waals surface area contributed by atoms with E-state index in [9.17, 15) is 0 Å². The predicted octanol–water partition coefficient (Wildman–Crippen LogP) is 16.3. The fraction of sp³-hybridized carbons (Fsp3) is 0. The van der Waals surface area contributed by atoms with Gasteiger partial charge in [-0.15, -0.1) is 0 Å². The van der Waals surface area contributed by atoms with Crippen LogP contribution in [0.2, 0.25) is 0 Å². The second kappa shape index (κ2) is 11.9. The molecule has 0 unspecified atom stereocenters. The van der Waals surface area contributed by atoms with E-state index >= 15 is 0 Å². The van der Waals surface area contributed by atoms with Gasteiger partial charge in [0.25, 0.3) is 0 Å². The van der Waals surface area contributed by atoms with Crippen molar-refractivity contribution in [2.45, 2.75) is 0 Å². The van der Waals surface area contributed by atoms with E-state index < -0.39 is 0 Å². The van der Waals surface area contributed by atoms with Crippen LogP contribution in [0.4, 0.5) is 0 Å². The molecule has 2 aromatic heterocycles. The Kier molecular flexibility index (Phi) is 6.47. The van der Waals surface area contributed by atoms with Gasteiger partial charge in [0.2, 0.25) is 0 Å². The lowest BCUT2D eigenvalue weighted by Gasteiger charge is -2.19. The van der Waals surface area contributed by atoms with Crippen molar-refractivity contribution in [2.75, 3.05) is 0 Å². The predicted molar refractivity (Wildman–Crippen MR) is 245 cm³/mol. The maximum atomic E-state index is 6.58. The van der Waals surface area contributed by atoms with Gasteiger partial charge in [-0.3, -0.25) is 0 Å². The molecule has 0 amide bonds. The van der Waals surface area contributed by atoms with Crippen molar-refractivity contribution in [3.8, 4) is 33.4 Å². The van der Waals surface area contributed by atoms with E-state index in [-0.39, 0.29) is 0 Å². The summed E-state index contributed by atoms with van der Waals surface area (Å²) in [7, 11) is 0. The van der Waals surface area contributed by atoms with Gasteiger partial charge in [-0.1, -0.05) is 140 Å². The van der Waals surface area contributed by atoms with Crippen molar-refractivity contribution in [1.29, 1.82) is 0 Å². The van der Waals surface area contributed by atoms with Gasteiger partial charge >= 0.3 is 0 Å². The lowest BCUT2D eigenvalue weighted by molar-refractivity contribution is 0.669. The van der Waals surface area contributed by atoms with Gasteiger partial charge in [0, 0.05) is 32.3 Å². The van der Waals surface area contributed by atoms with E-state index in [2.05, 4.69) is 182 Å². The highest BCUT2D eigenvalue weighted by atomic mass is 16.3. The Hall–Kier alpha value is -7.68. The number of furan rings is 2. The first-order valence-corrected chi connectivity index (χ1v) is 19.9. The normalized spacial score (nSPS) is 12.1. The molecule has 2 heterocycles. The van der Waals surface area contributed by atoms with Crippen molar-refractivity contribution >= 4 is 97.7 Å². The van der Waals surface area contributed by atoms with E-state index in [4.69, 9.17) is 8.83 Å². The fourth-order valence-corrected chi connectivity index (χ4v) is 9.76. The average molecular weight is 737 g/mol. The Morgan fingerprint density at radius 1 is 0.241 bits per heavy atom. The van der Waals surface area contributed by atoms with Gasteiger partial charge in [0.15, 0.2) is 0 Å². The molecule has 2 heteroatoms.